The summed E-state index contributed by atoms with van der Waals surface area (Å²) in [6.07, 6.45) is -0.434. The van der Waals surface area contributed by atoms with Crippen LogP contribution < -0.4 is 15.5 Å². The molecule has 1 aromatic carbocycles. The Morgan fingerprint density at radius 3 is 2.64 bits per heavy atom. The van der Waals surface area contributed by atoms with Crippen molar-refractivity contribution >= 4 is 36.4 Å². The summed E-state index contributed by atoms with van der Waals surface area (Å²) in [5.74, 6) is -3.16. The zero-order valence-corrected chi connectivity index (χ0v) is 14.1. The molecule has 1 atom stereocenters. The lowest BCUT2D eigenvalue weighted by molar-refractivity contribution is -0.123. The fourth-order valence-electron chi connectivity index (χ4n) is 2.16. The van der Waals surface area contributed by atoms with Crippen molar-refractivity contribution in [2.45, 2.75) is 24.9 Å². The highest BCUT2D eigenvalue weighted by Gasteiger charge is 2.42. The number of carbonyl (C=O) groups is 1. The van der Waals surface area contributed by atoms with Crippen LogP contribution in [-0.4, -0.2) is 38.5 Å². The van der Waals surface area contributed by atoms with Crippen molar-refractivity contribution in [1.82, 2.24) is 10.6 Å². The van der Waals surface area contributed by atoms with Crippen LogP contribution in [0, 0.1) is 0 Å². The lowest BCUT2D eigenvalue weighted by atomic mass is 10.1. The molecule has 0 aromatic heterocycles. The summed E-state index contributed by atoms with van der Waals surface area (Å²) in [6.45, 7) is -0.0918. The number of amides is 1. The number of rotatable bonds is 4. The maximum atomic E-state index is 13.0. The van der Waals surface area contributed by atoms with Crippen LogP contribution in [0.25, 0.3) is 0 Å². The molecule has 0 saturated carbocycles. The third-order valence-corrected chi connectivity index (χ3v) is 3.32. The fraction of sp³-hybridized carbons (Fsp3) is 0.500. The molecule has 1 aliphatic heterocycles. The lowest BCUT2D eigenvalue weighted by Crippen LogP contribution is -2.40. The first-order valence-electron chi connectivity index (χ1n) is 6.52. The van der Waals surface area contributed by atoms with Gasteiger partial charge in [0.05, 0.1) is 12.6 Å². The maximum Gasteiger partial charge on any atom is 0.262 e. The molecule has 2 rings (SSSR count). The summed E-state index contributed by atoms with van der Waals surface area (Å²) < 4.78 is 26.0. The van der Waals surface area contributed by atoms with Gasteiger partial charge in [-0.2, -0.15) is 0 Å². The minimum Gasteiger partial charge on any atom is -0.378 e. The molecule has 1 unspecified atom stereocenters. The molecule has 22 heavy (non-hydrogen) atoms. The second-order valence-corrected chi connectivity index (χ2v) is 5.28. The van der Waals surface area contributed by atoms with Crippen molar-refractivity contribution in [1.29, 1.82) is 0 Å². The first kappa shape index (κ1) is 20.9. The molecule has 0 spiro atoms. The number of nitrogens with one attached hydrogen (secondary N) is 2. The first-order chi connectivity index (χ1) is 9.37. The summed E-state index contributed by atoms with van der Waals surface area (Å²) in [5, 5.41) is 5.23. The van der Waals surface area contributed by atoms with Gasteiger partial charge in [-0.05, 0) is 17.7 Å². The normalized spacial score (nSPS) is 18.8. The molecule has 126 valence electrons. The number of benzene rings is 1. The fourth-order valence-corrected chi connectivity index (χ4v) is 2.16. The Labute approximate surface area is 141 Å². The van der Waals surface area contributed by atoms with E-state index in [0.29, 0.717) is 6.54 Å². The Hall–Kier alpha value is -1.11. The van der Waals surface area contributed by atoms with Crippen LogP contribution in [0.2, 0.25) is 0 Å². The van der Waals surface area contributed by atoms with Crippen LogP contribution in [0.1, 0.15) is 12.0 Å². The molecule has 1 saturated heterocycles. The number of carbonyl (C=O) groups excluding carboxylic acids is 1. The molecule has 0 radical (unpaired) electrons. The van der Waals surface area contributed by atoms with E-state index in [0.717, 1.165) is 11.3 Å². The van der Waals surface area contributed by atoms with Gasteiger partial charge in [0.25, 0.3) is 5.92 Å². The van der Waals surface area contributed by atoms with Crippen molar-refractivity contribution in [3.63, 3.8) is 0 Å². The summed E-state index contributed by atoms with van der Waals surface area (Å²) >= 11 is 0. The van der Waals surface area contributed by atoms with E-state index in [1.807, 2.05) is 43.3 Å². The highest BCUT2D eigenvalue weighted by Crippen LogP contribution is 2.25. The largest absolute Gasteiger partial charge is 0.378 e. The lowest BCUT2D eigenvalue weighted by Gasteiger charge is -2.15. The second-order valence-electron chi connectivity index (χ2n) is 5.28. The van der Waals surface area contributed by atoms with Crippen LogP contribution in [0.5, 0.6) is 0 Å². The van der Waals surface area contributed by atoms with E-state index in [1.54, 1.807) is 0 Å². The van der Waals surface area contributed by atoms with Gasteiger partial charge in [-0.1, -0.05) is 12.1 Å². The summed E-state index contributed by atoms with van der Waals surface area (Å²) in [7, 11) is 3.87. The summed E-state index contributed by atoms with van der Waals surface area (Å²) in [6, 6.07) is 6.91. The quantitative estimate of drug-likeness (QED) is 0.870. The van der Waals surface area contributed by atoms with Gasteiger partial charge in [0, 0.05) is 32.7 Å². The molecular formula is C14H21Cl2F2N3O. The van der Waals surface area contributed by atoms with E-state index in [-0.39, 0.29) is 30.7 Å². The van der Waals surface area contributed by atoms with Crippen molar-refractivity contribution in [3.8, 4) is 0 Å². The van der Waals surface area contributed by atoms with Crippen molar-refractivity contribution in [2.24, 2.45) is 0 Å². The van der Waals surface area contributed by atoms with E-state index in [4.69, 9.17) is 0 Å². The molecular weight excluding hydrogens is 335 g/mol. The van der Waals surface area contributed by atoms with Gasteiger partial charge in [-0.25, -0.2) is 8.78 Å². The first-order valence-corrected chi connectivity index (χ1v) is 6.52. The monoisotopic (exact) mass is 355 g/mol. The predicted octanol–water partition coefficient (Wildman–Crippen LogP) is 2.21. The van der Waals surface area contributed by atoms with Crippen molar-refractivity contribution in [2.75, 3.05) is 25.5 Å². The smallest absolute Gasteiger partial charge is 0.262 e. The second kappa shape index (κ2) is 8.50. The molecule has 1 fully saturated rings. The van der Waals surface area contributed by atoms with Gasteiger partial charge in [0.2, 0.25) is 5.91 Å². The van der Waals surface area contributed by atoms with Gasteiger partial charge in [-0.3, -0.25) is 10.1 Å². The predicted molar refractivity (Wildman–Crippen MR) is 88.5 cm³/mol. The zero-order valence-electron chi connectivity index (χ0n) is 12.4. The highest BCUT2D eigenvalue weighted by molar-refractivity contribution is 5.85. The van der Waals surface area contributed by atoms with Gasteiger partial charge in [0.1, 0.15) is 0 Å². The molecule has 8 heteroatoms. The topological polar surface area (TPSA) is 44.4 Å². The standard InChI is InChI=1S/C14H19F2N3O.2ClH/c1-19(2)11-5-3-4-10(6-11)8-17-13(20)12-7-14(15,16)9-18-12;;/h3-6,12,18H,7-9H2,1-2H3,(H,17,20);2*1H. The van der Waals surface area contributed by atoms with Crippen molar-refractivity contribution < 1.29 is 13.6 Å². The number of anilines is 1. The third-order valence-electron chi connectivity index (χ3n) is 3.32. The highest BCUT2D eigenvalue weighted by atomic mass is 35.5. The van der Waals surface area contributed by atoms with Gasteiger partial charge >= 0.3 is 0 Å². The molecule has 1 aromatic rings. The Bertz CT molecular complexity index is 501. The molecule has 1 aliphatic rings. The summed E-state index contributed by atoms with van der Waals surface area (Å²) in [5.41, 5.74) is 1.97. The maximum absolute atomic E-state index is 13.0. The summed E-state index contributed by atoms with van der Waals surface area (Å²) in [4.78, 5) is 13.8. The molecule has 2 N–H and O–H groups in total. The molecule has 4 nitrogen and oxygen atoms in total. The van der Waals surface area contributed by atoms with Crippen LogP contribution in [-0.2, 0) is 11.3 Å². The zero-order chi connectivity index (χ0) is 14.8. The molecule has 0 bridgehead atoms. The average molecular weight is 356 g/mol. The van der Waals surface area contributed by atoms with E-state index in [1.165, 1.54) is 0 Å². The Kier molecular flexibility index (Phi) is 8.07. The van der Waals surface area contributed by atoms with Gasteiger partial charge in [-0.15, -0.1) is 24.8 Å². The number of alkyl halides is 2. The van der Waals surface area contributed by atoms with E-state index in [2.05, 4.69) is 10.6 Å². The minimum absolute atomic E-state index is 0. The SMILES string of the molecule is CN(C)c1cccc(CNC(=O)C2CC(F)(F)CN2)c1.Cl.Cl. The molecule has 1 amide bonds. The minimum atomic E-state index is -2.78. The third kappa shape index (κ3) is 5.59. The van der Waals surface area contributed by atoms with Crippen LogP contribution in [0.4, 0.5) is 14.5 Å². The van der Waals surface area contributed by atoms with Gasteiger partial charge in [0.15, 0.2) is 0 Å². The van der Waals surface area contributed by atoms with E-state index < -0.39 is 24.9 Å². The number of hydrogen-bond acceptors (Lipinski definition) is 3. The van der Waals surface area contributed by atoms with Crippen LogP contribution in [0.3, 0.4) is 0 Å². The van der Waals surface area contributed by atoms with E-state index >= 15 is 0 Å². The number of nitrogens with zero attached hydrogens (tertiary/aromatic N) is 1. The Morgan fingerprint density at radius 1 is 1.41 bits per heavy atom. The average Bonchev–Trinajstić information content (AvgIpc) is 2.77. The molecule has 0 aliphatic carbocycles. The Morgan fingerprint density at radius 2 is 2.09 bits per heavy atom. The Balaban J connectivity index is 0.00000220. The number of hydrogen-bond donors (Lipinski definition) is 2. The van der Waals surface area contributed by atoms with Gasteiger partial charge < -0.3 is 10.2 Å². The van der Waals surface area contributed by atoms with Crippen LogP contribution in [0.15, 0.2) is 24.3 Å². The molecule has 1 heterocycles. The van der Waals surface area contributed by atoms with Crippen LogP contribution >= 0.6 is 24.8 Å². The number of halogens is 4. The van der Waals surface area contributed by atoms with E-state index in [9.17, 15) is 13.6 Å². The van der Waals surface area contributed by atoms with Crippen molar-refractivity contribution in [3.05, 3.63) is 29.8 Å².